The van der Waals surface area contributed by atoms with Crippen LogP contribution in [-0.4, -0.2) is 28.6 Å². The predicted molar refractivity (Wildman–Crippen MR) is 122 cm³/mol. The SMILES string of the molecule is Cc1cc(COc2cccc(OC(C)OCCSc3ccc(Cl)cc3)c2)n(O)c(=O)c1. The van der Waals surface area contributed by atoms with Gasteiger partial charge in [-0.2, -0.15) is 0 Å². The van der Waals surface area contributed by atoms with Crippen LogP contribution in [0.1, 0.15) is 18.2 Å². The molecule has 0 aliphatic heterocycles. The van der Waals surface area contributed by atoms with Gasteiger partial charge in [0, 0.05) is 27.8 Å². The first-order valence-corrected chi connectivity index (χ1v) is 11.1. The monoisotopic (exact) mass is 461 g/mol. The largest absolute Gasteiger partial charge is 0.487 e. The molecule has 0 radical (unpaired) electrons. The van der Waals surface area contributed by atoms with Gasteiger partial charge in [0.2, 0.25) is 0 Å². The summed E-state index contributed by atoms with van der Waals surface area (Å²) in [5.74, 6) is 1.94. The summed E-state index contributed by atoms with van der Waals surface area (Å²) >= 11 is 7.57. The topological polar surface area (TPSA) is 69.9 Å². The van der Waals surface area contributed by atoms with E-state index in [9.17, 15) is 10.0 Å². The number of hydrogen-bond donors (Lipinski definition) is 1. The number of thioether (sulfide) groups is 1. The molecule has 3 rings (SSSR count). The van der Waals surface area contributed by atoms with E-state index in [1.807, 2.05) is 37.3 Å². The Morgan fingerprint density at radius 3 is 2.61 bits per heavy atom. The Morgan fingerprint density at radius 1 is 1.10 bits per heavy atom. The average molecular weight is 462 g/mol. The third-order valence-electron chi connectivity index (χ3n) is 4.24. The van der Waals surface area contributed by atoms with Crippen LogP contribution in [0.2, 0.25) is 5.02 Å². The van der Waals surface area contributed by atoms with E-state index in [2.05, 4.69) is 0 Å². The molecule has 1 N–H and O–H groups in total. The normalized spacial score (nSPS) is 11.8. The summed E-state index contributed by atoms with van der Waals surface area (Å²) in [6.07, 6.45) is -0.430. The van der Waals surface area contributed by atoms with Crippen LogP contribution in [-0.2, 0) is 11.3 Å². The van der Waals surface area contributed by atoms with Crippen molar-refractivity contribution in [1.82, 2.24) is 4.73 Å². The smallest absolute Gasteiger partial charge is 0.283 e. The summed E-state index contributed by atoms with van der Waals surface area (Å²) in [4.78, 5) is 12.8. The van der Waals surface area contributed by atoms with Crippen molar-refractivity contribution in [2.24, 2.45) is 0 Å². The zero-order valence-electron chi connectivity index (χ0n) is 17.3. The zero-order valence-corrected chi connectivity index (χ0v) is 18.9. The molecule has 1 heterocycles. The van der Waals surface area contributed by atoms with Crippen LogP contribution in [0.4, 0.5) is 0 Å². The molecule has 1 atom stereocenters. The third-order valence-corrected chi connectivity index (χ3v) is 5.47. The Kier molecular flexibility index (Phi) is 8.28. The van der Waals surface area contributed by atoms with E-state index in [0.29, 0.717) is 28.5 Å². The van der Waals surface area contributed by atoms with Crippen molar-refractivity contribution >= 4 is 23.4 Å². The number of benzene rings is 2. The first kappa shape index (κ1) is 23.1. The van der Waals surface area contributed by atoms with Crippen LogP contribution in [0.25, 0.3) is 0 Å². The maximum atomic E-state index is 11.7. The molecule has 0 saturated heterocycles. The van der Waals surface area contributed by atoms with Crippen molar-refractivity contribution in [3.63, 3.8) is 0 Å². The number of aryl methyl sites for hydroxylation is 1. The maximum absolute atomic E-state index is 11.7. The van der Waals surface area contributed by atoms with Crippen LogP contribution < -0.4 is 15.0 Å². The summed E-state index contributed by atoms with van der Waals surface area (Å²) < 4.78 is 17.8. The fourth-order valence-corrected chi connectivity index (χ4v) is 3.66. The molecule has 0 saturated carbocycles. The molecule has 0 amide bonds. The molecule has 164 valence electrons. The molecule has 8 heteroatoms. The number of pyridine rings is 1. The van der Waals surface area contributed by atoms with Gasteiger partial charge in [0.25, 0.3) is 5.56 Å². The summed E-state index contributed by atoms with van der Waals surface area (Å²) in [5, 5.41) is 10.6. The van der Waals surface area contributed by atoms with Gasteiger partial charge in [0.15, 0.2) is 6.29 Å². The fraction of sp³-hybridized carbons (Fsp3) is 0.261. The molecule has 0 bridgehead atoms. The summed E-state index contributed by atoms with van der Waals surface area (Å²) in [6.45, 7) is 4.20. The highest BCUT2D eigenvalue weighted by Crippen LogP contribution is 2.23. The van der Waals surface area contributed by atoms with Crippen LogP contribution in [0.3, 0.4) is 0 Å². The van der Waals surface area contributed by atoms with Gasteiger partial charge >= 0.3 is 0 Å². The second-order valence-corrected chi connectivity index (χ2v) is 8.40. The number of aromatic nitrogens is 1. The van der Waals surface area contributed by atoms with Crippen molar-refractivity contribution < 1.29 is 19.4 Å². The molecule has 1 aromatic heterocycles. The van der Waals surface area contributed by atoms with Crippen molar-refractivity contribution in [2.75, 3.05) is 12.4 Å². The Hall–Kier alpha value is -2.61. The standard InChI is InChI=1S/C23H24ClNO5S/c1-16-12-19(25(27)23(26)13-16)15-29-20-4-3-5-21(14-20)30-17(2)28-10-11-31-22-8-6-18(24)7-9-22/h3-9,12-14,17,27H,10-11,15H2,1-2H3. The quantitative estimate of drug-likeness (QED) is 0.194. The molecule has 0 aliphatic carbocycles. The van der Waals surface area contributed by atoms with Crippen LogP contribution in [0.15, 0.2) is 70.4 Å². The van der Waals surface area contributed by atoms with Gasteiger partial charge < -0.3 is 19.4 Å². The molecule has 31 heavy (non-hydrogen) atoms. The van der Waals surface area contributed by atoms with E-state index < -0.39 is 11.8 Å². The van der Waals surface area contributed by atoms with E-state index in [-0.39, 0.29) is 6.61 Å². The Morgan fingerprint density at radius 2 is 1.84 bits per heavy atom. The number of rotatable bonds is 10. The number of ether oxygens (including phenoxy) is 3. The Bertz CT molecular complexity index is 1050. The lowest BCUT2D eigenvalue weighted by molar-refractivity contribution is -0.0603. The second-order valence-electron chi connectivity index (χ2n) is 6.80. The minimum Gasteiger partial charge on any atom is -0.487 e. The van der Waals surface area contributed by atoms with E-state index in [1.165, 1.54) is 6.07 Å². The average Bonchev–Trinajstić information content (AvgIpc) is 2.74. The van der Waals surface area contributed by atoms with Crippen molar-refractivity contribution in [2.45, 2.75) is 31.6 Å². The first-order valence-electron chi connectivity index (χ1n) is 9.72. The minimum atomic E-state index is -0.490. The molecule has 0 spiro atoms. The van der Waals surface area contributed by atoms with E-state index in [0.717, 1.165) is 21.2 Å². The highest BCUT2D eigenvalue weighted by Gasteiger charge is 2.08. The van der Waals surface area contributed by atoms with Gasteiger partial charge in [-0.3, -0.25) is 4.79 Å². The molecule has 2 aromatic carbocycles. The number of hydrogen-bond acceptors (Lipinski definition) is 6. The minimum absolute atomic E-state index is 0.0465. The summed E-state index contributed by atoms with van der Waals surface area (Å²) in [6, 6.07) is 17.9. The van der Waals surface area contributed by atoms with E-state index in [4.69, 9.17) is 25.8 Å². The lowest BCUT2D eigenvalue weighted by Crippen LogP contribution is -2.22. The highest BCUT2D eigenvalue weighted by atomic mass is 35.5. The molecular weight excluding hydrogens is 438 g/mol. The molecule has 3 aromatic rings. The van der Waals surface area contributed by atoms with E-state index >= 15 is 0 Å². The lowest BCUT2D eigenvalue weighted by Gasteiger charge is -2.16. The van der Waals surface area contributed by atoms with Crippen molar-refractivity contribution in [1.29, 1.82) is 0 Å². The van der Waals surface area contributed by atoms with E-state index in [1.54, 1.807) is 43.0 Å². The van der Waals surface area contributed by atoms with Gasteiger partial charge in [0.1, 0.15) is 18.1 Å². The molecular formula is C23H24ClNO5S. The highest BCUT2D eigenvalue weighted by molar-refractivity contribution is 7.99. The van der Waals surface area contributed by atoms with Gasteiger partial charge in [-0.05, 0) is 61.9 Å². The van der Waals surface area contributed by atoms with Crippen molar-refractivity contribution in [3.05, 3.63) is 87.3 Å². The van der Waals surface area contributed by atoms with Gasteiger partial charge in [-0.1, -0.05) is 17.7 Å². The predicted octanol–water partition coefficient (Wildman–Crippen LogP) is 5.16. The van der Waals surface area contributed by atoms with Gasteiger partial charge in [-0.15, -0.1) is 16.5 Å². The Labute approximate surface area is 190 Å². The van der Waals surface area contributed by atoms with Crippen LogP contribution in [0, 0.1) is 6.92 Å². The third kappa shape index (κ3) is 7.24. The molecule has 6 nitrogen and oxygen atoms in total. The fourth-order valence-electron chi connectivity index (χ4n) is 2.79. The molecule has 0 aliphatic rings. The summed E-state index contributed by atoms with van der Waals surface area (Å²) in [5.41, 5.74) is 0.633. The number of nitrogens with zero attached hydrogens (tertiary/aromatic N) is 1. The van der Waals surface area contributed by atoms with Gasteiger partial charge in [-0.25, -0.2) is 0 Å². The maximum Gasteiger partial charge on any atom is 0.283 e. The van der Waals surface area contributed by atoms with Crippen LogP contribution >= 0.6 is 23.4 Å². The zero-order chi connectivity index (χ0) is 22.2. The summed E-state index contributed by atoms with van der Waals surface area (Å²) in [7, 11) is 0. The Balaban J connectivity index is 1.46. The molecule has 0 fully saturated rings. The van der Waals surface area contributed by atoms with Gasteiger partial charge in [0.05, 0.1) is 12.3 Å². The second kappa shape index (κ2) is 11.1. The number of halogens is 1. The lowest BCUT2D eigenvalue weighted by atomic mass is 10.2. The van der Waals surface area contributed by atoms with Crippen LogP contribution in [0.5, 0.6) is 11.5 Å². The molecule has 1 unspecified atom stereocenters. The first-order chi connectivity index (χ1) is 14.9. The van der Waals surface area contributed by atoms with Crippen molar-refractivity contribution in [3.8, 4) is 11.5 Å².